The predicted molar refractivity (Wildman–Crippen MR) is 113 cm³/mol. The minimum atomic E-state index is -0.538. The lowest BCUT2D eigenvalue weighted by atomic mass is 10.1. The summed E-state index contributed by atoms with van der Waals surface area (Å²) in [6.07, 6.45) is 1.44. The first-order valence-electron chi connectivity index (χ1n) is 8.63. The van der Waals surface area contributed by atoms with Crippen molar-refractivity contribution in [1.82, 2.24) is 5.43 Å². The number of ether oxygens (including phenoxy) is 1. The Hall–Kier alpha value is -3.45. The van der Waals surface area contributed by atoms with Gasteiger partial charge in [0.1, 0.15) is 11.5 Å². The molecule has 0 atom stereocenters. The lowest BCUT2D eigenvalue weighted by Crippen LogP contribution is -2.17. The van der Waals surface area contributed by atoms with Crippen LogP contribution in [0.5, 0.6) is 11.5 Å². The fourth-order valence-electron chi connectivity index (χ4n) is 2.39. The standard InChI is InChI=1S/C22H17BrN2O4/c1-14-2-6-16(7-3-14)22(28)29-18-9-4-15(5-10-18)13-24-25-21(27)19-12-17(23)8-11-20(19)26/h2-13,26H,1H3,(H,25,27). The van der Waals surface area contributed by atoms with E-state index in [4.69, 9.17) is 4.74 Å². The van der Waals surface area contributed by atoms with E-state index in [2.05, 4.69) is 26.5 Å². The second kappa shape index (κ2) is 9.16. The Morgan fingerprint density at radius 2 is 1.72 bits per heavy atom. The highest BCUT2D eigenvalue weighted by Crippen LogP contribution is 2.21. The molecule has 0 heterocycles. The van der Waals surface area contributed by atoms with E-state index in [1.165, 1.54) is 18.3 Å². The molecule has 0 aliphatic carbocycles. The molecule has 146 valence electrons. The van der Waals surface area contributed by atoms with E-state index in [1.807, 2.05) is 19.1 Å². The number of benzene rings is 3. The average molecular weight is 453 g/mol. The topological polar surface area (TPSA) is 88.0 Å². The molecule has 2 N–H and O–H groups in total. The van der Waals surface area contributed by atoms with Crippen LogP contribution in [0.3, 0.4) is 0 Å². The third-order valence-corrected chi connectivity index (χ3v) is 4.45. The molecule has 0 fully saturated rings. The van der Waals surface area contributed by atoms with Crippen LogP contribution in [0.25, 0.3) is 0 Å². The van der Waals surface area contributed by atoms with Gasteiger partial charge in [0, 0.05) is 4.47 Å². The second-order valence-electron chi connectivity index (χ2n) is 6.19. The molecule has 3 aromatic rings. The van der Waals surface area contributed by atoms with Crippen molar-refractivity contribution in [3.8, 4) is 11.5 Å². The number of hydrazone groups is 1. The highest BCUT2D eigenvalue weighted by molar-refractivity contribution is 9.10. The van der Waals surface area contributed by atoms with Gasteiger partial charge in [0.2, 0.25) is 0 Å². The van der Waals surface area contributed by atoms with E-state index in [0.29, 0.717) is 21.3 Å². The lowest BCUT2D eigenvalue weighted by Gasteiger charge is -2.05. The number of hydrogen-bond acceptors (Lipinski definition) is 5. The minimum Gasteiger partial charge on any atom is -0.507 e. The molecule has 0 spiro atoms. The summed E-state index contributed by atoms with van der Waals surface area (Å²) < 4.78 is 6.00. The van der Waals surface area contributed by atoms with Crippen LogP contribution in [0.1, 0.15) is 31.8 Å². The zero-order chi connectivity index (χ0) is 20.8. The molecule has 0 aliphatic heterocycles. The number of hydrogen-bond donors (Lipinski definition) is 2. The lowest BCUT2D eigenvalue weighted by molar-refractivity contribution is 0.0734. The Morgan fingerprint density at radius 1 is 1.03 bits per heavy atom. The van der Waals surface area contributed by atoms with Gasteiger partial charge in [-0.1, -0.05) is 33.6 Å². The number of aromatic hydroxyl groups is 1. The maximum absolute atomic E-state index is 12.1. The summed E-state index contributed by atoms with van der Waals surface area (Å²) in [5, 5.41) is 13.6. The molecular formula is C22H17BrN2O4. The van der Waals surface area contributed by atoms with Crippen molar-refractivity contribution in [2.45, 2.75) is 6.92 Å². The first-order valence-corrected chi connectivity index (χ1v) is 9.42. The average Bonchev–Trinajstić information content (AvgIpc) is 2.71. The van der Waals surface area contributed by atoms with Gasteiger partial charge in [-0.2, -0.15) is 5.10 Å². The Morgan fingerprint density at radius 3 is 2.41 bits per heavy atom. The fraction of sp³-hybridized carbons (Fsp3) is 0.0455. The Balaban J connectivity index is 1.58. The number of esters is 1. The molecule has 7 heteroatoms. The number of amides is 1. The van der Waals surface area contributed by atoms with Crippen LogP contribution < -0.4 is 10.2 Å². The van der Waals surface area contributed by atoms with E-state index in [9.17, 15) is 14.7 Å². The first kappa shape index (κ1) is 20.3. The molecular weight excluding hydrogens is 436 g/mol. The van der Waals surface area contributed by atoms with Gasteiger partial charge in [-0.25, -0.2) is 10.2 Å². The van der Waals surface area contributed by atoms with E-state index in [-0.39, 0.29) is 11.3 Å². The molecule has 3 aromatic carbocycles. The summed E-state index contributed by atoms with van der Waals surface area (Å²) in [7, 11) is 0. The maximum Gasteiger partial charge on any atom is 0.343 e. The fourth-order valence-corrected chi connectivity index (χ4v) is 2.75. The third-order valence-electron chi connectivity index (χ3n) is 3.96. The van der Waals surface area contributed by atoms with Gasteiger partial charge >= 0.3 is 5.97 Å². The van der Waals surface area contributed by atoms with Gasteiger partial charge in [-0.3, -0.25) is 4.79 Å². The molecule has 0 radical (unpaired) electrons. The molecule has 0 aromatic heterocycles. The Labute approximate surface area is 176 Å². The van der Waals surface area contributed by atoms with Crippen LogP contribution in [0.15, 0.2) is 76.3 Å². The van der Waals surface area contributed by atoms with Crippen LogP contribution in [0.4, 0.5) is 0 Å². The number of phenolic OH excluding ortho intramolecular Hbond substituents is 1. The number of carbonyl (C=O) groups excluding carboxylic acids is 2. The number of rotatable bonds is 5. The molecule has 3 rings (SSSR count). The van der Waals surface area contributed by atoms with Crippen molar-refractivity contribution in [2.75, 3.05) is 0 Å². The zero-order valence-corrected chi connectivity index (χ0v) is 17.0. The van der Waals surface area contributed by atoms with Crippen molar-refractivity contribution in [1.29, 1.82) is 0 Å². The van der Waals surface area contributed by atoms with Gasteiger partial charge < -0.3 is 9.84 Å². The molecule has 0 saturated carbocycles. The molecule has 0 aliphatic rings. The van der Waals surface area contributed by atoms with Gasteiger partial charge in [-0.05, 0) is 67.1 Å². The first-order chi connectivity index (χ1) is 13.9. The van der Waals surface area contributed by atoms with E-state index >= 15 is 0 Å². The third kappa shape index (κ3) is 5.52. The highest BCUT2D eigenvalue weighted by Gasteiger charge is 2.11. The van der Waals surface area contributed by atoms with E-state index in [1.54, 1.807) is 42.5 Å². The predicted octanol–water partition coefficient (Wildman–Crippen LogP) is 4.45. The summed E-state index contributed by atoms with van der Waals surface area (Å²) >= 11 is 3.25. The summed E-state index contributed by atoms with van der Waals surface area (Å²) in [6, 6.07) is 18.3. The van der Waals surface area contributed by atoms with Crippen molar-refractivity contribution in [2.24, 2.45) is 5.10 Å². The highest BCUT2D eigenvalue weighted by atomic mass is 79.9. The van der Waals surface area contributed by atoms with Crippen molar-refractivity contribution >= 4 is 34.0 Å². The van der Waals surface area contributed by atoms with Gasteiger partial charge in [0.05, 0.1) is 17.3 Å². The SMILES string of the molecule is Cc1ccc(C(=O)Oc2ccc(C=NNC(=O)c3cc(Br)ccc3O)cc2)cc1. The molecule has 1 amide bonds. The van der Waals surface area contributed by atoms with Crippen LogP contribution in [0, 0.1) is 6.92 Å². The smallest absolute Gasteiger partial charge is 0.343 e. The summed E-state index contributed by atoms with van der Waals surface area (Å²) in [5.74, 6) is -0.715. The van der Waals surface area contributed by atoms with Gasteiger partial charge in [-0.15, -0.1) is 0 Å². The van der Waals surface area contributed by atoms with Crippen molar-refractivity contribution < 1.29 is 19.4 Å². The summed E-state index contributed by atoms with van der Waals surface area (Å²) in [4.78, 5) is 24.2. The van der Waals surface area contributed by atoms with Crippen LogP contribution in [-0.4, -0.2) is 23.2 Å². The van der Waals surface area contributed by atoms with Crippen LogP contribution >= 0.6 is 15.9 Å². The quantitative estimate of drug-likeness (QED) is 0.259. The van der Waals surface area contributed by atoms with Crippen LogP contribution in [-0.2, 0) is 0 Å². The normalized spacial score (nSPS) is 10.7. The number of nitrogens with one attached hydrogen (secondary N) is 1. The van der Waals surface area contributed by atoms with Crippen molar-refractivity contribution in [3.63, 3.8) is 0 Å². The molecule has 29 heavy (non-hydrogen) atoms. The maximum atomic E-state index is 12.1. The number of carbonyl (C=O) groups is 2. The molecule has 6 nitrogen and oxygen atoms in total. The van der Waals surface area contributed by atoms with Gasteiger partial charge in [0.25, 0.3) is 5.91 Å². The second-order valence-corrected chi connectivity index (χ2v) is 7.10. The van der Waals surface area contributed by atoms with Crippen LogP contribution in [0.2, 0.25) is 0 Å². The number of halogens is 1. The number of aryl methyl sites for hydroxylation is 1. The van der Waals surface area contributed by atoms with Gasteiger partial charge in [0.15, 0.2) is 0 Å². The molecule has 0 saturated heterocycles. The minimum absolute atomic E-state index is 0.106. The Bertz CT molecular complexity index is 1060. The monoisotopic (exact) mass is 452 g/mol. The van der Waals surface area contributed by atoms with E-state index < -0.39 is 11.9 Å². The molecule has 0 bridgehead atoms. The summed E-state index contributed by atoms with van der Waals surface area (Å²) in [5.41, 5.74) is 4.69. The zero-order valence-electron chi connectivity index (χ0n) is 15.4. The number of nitrogens with zero attached hydrogens (tertiary/aromatic N) is 1. The largest absolute Gasteiger partial charge is 0.507 e. The number of phenols is 1. The summed E-state index contributed by atoms with van der Waals surface area (Å²) in [6.45, 7) is 1.94. The van der Waals surface area contributed by atoms with E-state index in [0.717, 1.165) is 5.56 Å². The van der Waals surface area contributed by atoms with Crippen molar-refractivity contribution in [3.05, 3.63) is 93.5 Å². The molecule has 0 unspecified atom stereocenters. The Kier molecular flexibility index (Phi) is 6.41.